The van der Waals surface area contributed by atoms with Gasteiger partial charge in [-0.2, -0.15) is 11.8 Å². The number of rotatable bonds is 4. The van der Waals surface area contributed by atoms with Crippen molar-refractivity contribution >= 4 is 39.8 Å². The number of hydrogen-bond donors (Lipinski definition) is 1. The highest BCUT2D eigenvalue weighted by atomic mass is 32.2. The average Bonchev–Trinajstić information content (AvgIpc) is 2.77. The van der Waals surface area contributed by atoms with Crippen LogP contribution in [0.15, 0.2) is 0 Å². The number of nitrogens with zero attached hydrogens (tertiary/aromatic N) is 1. The fourth-order valence-electron chi connectivity index (χ4n) is 1.94. The van der Waals surface area contributed by atoms with Crippen molar-refractivity contribution in [3.63, 3.8) is 0 Å². The molecular weight excluding hydrogens is 284 g/mol. The maximum Gasteiger partial charge on any atom is 0.350 e. The number of ether oxygens (including phenoxy) is 2. The number of anilines is 2. The molecule has 19 heavy (non-hydrogen) atoms. The quantitative estimate of drug-likeness (QED) is 0.859. The van der Waals surface area contributed by atoms with E-state index in [1.54, 1.807) is 14.0 Å². The number of thiophene rings is 1. The number of carbonyl (C=O) groups excluding carboxylic acids is 1. The largest absolute Gasteiger partial charge is 0.492 e. The van der Waals surface area contributed by atoms with E-state index in [0.717, 1.165) is 29.6 Å². The van der Waals surface area contributed by atoms with Gasteiger partial charge >= 0.3 is 5.97 Å². The summed E-state index contributed by atoms with van der Waals surface area (Å²) < 4.78 is 10.4. The Kier molecular flexibility index (Phi) is 4.81. The van der Waals surface area contributed by atoms with Crippen molar-refractivity contribution < 1.29 is 14.3 Å². The fourth-order valence-corrected chi connectivity index (χ4v) is 3.98. The van der Waals surface area contributed by atoms with Gasteiger partial charge in [-0.25, -0.2) is 4.79 Å². The topological polar surface area (TPSA) is 64.8 Å². The molecule has 0 amide bonds. The third-order valence-electron chi connectivity index (χ3n) is 2.85. The van der Waals surface area contributed by atoms with Gasteiger partial charge in [-0.3, -0.25) is 0 Å². The van der Waals surface area contributed by atoms with Gasteiger partial charge in [0.1, 0.15) is 15.6 Å². The number of nitrogen functional groups attached to an aromatic ring is 1. The first-order valence-corrected chi connectivity index (χ1v) is 8.12. The van der Waals surface area contributed by atoms with Crippen molar-refractivity contribution in [1.82, 2.24) is 0 Å². The molecule has 0 aromatic carbocycles. The fraction of sp³-hybridized carbons (Fsp3) is 0.583. The van der Waals surface area contributed by atoms with Crippen molar-refractivity contribution in [2.75, 3.05) is 48.9 Å². The number of carbonyl (C=O) groups is 1. The normalized spacial score (nSPS) is 15.4. The second kappa shape index (κ2) is 6.38. The molecule has 7 heteroatoms. The van der Waals surface area contributed by atoms with Gasteiger partial charge in [-0.1, -0.05) is 0 Å². The van der Waals surface area contributed by atoms with Crippen LogP contribution in [0.2, 0.25) is 0 Å². The summed E-state index contributed by atoms with van der Waals surface area (Å²) in [5.74, 6) is 2.38. The van der Waals surface area contributed by atoms with Crippen LogP contribution in [0.5, 0.6) is 5.75 Å². The molecule has 1 aliphatic heterocycles. The van der Waals surface area contributed by atoms with E-state index in [1.165, 1.54) is 11.3 Å². The Morgan fingerprint density at radius 1 is 1.42 bits per heavy atom. The lowest BCUT2D eigenvalue weighted by molar-refractivity contribution is 0.0533. The van der Waals surface area contributed by atoms with Crippen LogP contribution in [0.3, 0.4) is 0 Å². The standard InChI is InChI=1S/C12H18N2O3S2/c1-3-17-12(15)10-8(13)9(16-2)11(19-10)14-4-6-18-7-5-14/h3-7,13H2,1-2H3. The van der Waals surface area contributed by atoms with Crippen LogP contribution in [-0.4, -0.2) is 44.3 Å². The number of nitrogens with two attached hydrogens (primary N) is 1. The van der Waals surface area contributed by atoms with E-state index in [4.69, 9.17) is 15.2 Å². The minimum absolute atomic E-state index is 0.341. The summed E-state index contributed by atoms with van der Waals surface area (Å²) in [4.78, 5) is 14.5. The molecule has 1 aromatic rings. The lowest BCUT2D eigenvalue weighted by Gasteiger charge is -2.27. The lowest BCUT2D eigenvalue weighted by atomic mass is 10.3. The summed E-state index contributed by atoms with van der Waals surface area (Å²) in [6.07, 6.45) is 0. The van der Waals surface area contributed by atoms with E-state index < -0.39 is 0 Å². The molecule has 1 aliphatic rings. The zero-order chi connectivity index (χ0) is 13.8. The molecule has 0 unspecified atom stereocenters. The van der Waals surface area contributed by atoms with Gasteiger partial charge in [0.05, 0.1) is 13.7 Å². The van der Waals surface area contributed by atoms with Crippen LogP contribution in [0, 0.1) is 0 Å². The zero-order valence-corrected chi connectivity index (χ0v) is 12.7. The second-order valence-corrected chi connectivity index (χ2v) is 6.23. The molecule has 1 aromatic heterocycles. The molecule has 0 atom stereocenters. The highest BCUT2D eigenvalue weighted by molar-refractivity contribution is 7.99. The van der Waals surface area contributed by atoms with E-state index in [0.29, 0.717) is 22.9 Å². The van der Waals surface area contributed by atoms with Crippen molar-refractivity contribution in [1.29, 1.82) is 0 Å². The van der Waals surface area contributed by atoms with Crippen LogP contribution < -0.4 is 15.4 Å². The Balaban J connectivity index is 2.32. The van der Waals surface area contributed by atoms with Crippen LogP contribution in [0.1, 0.15) is 16.6 Å². The van der Waals surface area contributed by atoms with Crippen molar-refractivity contribution in [2.45, 2.75) is 6.92 Å². The molecule has 2 rings (SSSR count). The summed E-state index contributed by atoms with van der Waals surface area (Å²) in [7, 11) is 1.58. The highest BCUT2D eigenvalue weighted by Crippen LogP contribution is 2.45. The number of methoxy groups -OCH3 is 1. The molecule has 106 valence electrons. The van der Waals surface area contributed by atoms with E-state index in [9.17, 15) is 4.79 Å². The molecule has 1 fully saturated rings. The van der Waals surface area contributed by atoms with Crippen LogP contribution in [0.25, 0.3) is 0 Å². The van der Waals surface area contributed by atoms with Gasteiger partial charge in [0.2, 0.25) is 0 Å². The molecule has 0 bridgehead atoms. The first-order chi connectivity index (χ1) is 9.19. The average molecular weight is 302 g/mol. The molecule has 0 spiro atoms. The Bertz CT molecular complexity index is 456. The molecule has 0 aliphatic carbocycles. The third-order valence-corrected chi connectivity index (χ3v) is 5.02. The predicted molar refractivity (Wildman–Crippen MR) is 80.8 cm³/mol. The minimum Gasteiger partial charge on any atom is -0.492 e. The molecular formula is C12H18N2O3S2. The Hall–Kier alpha value is -1.08. The van der Waals surface area contributed by atoms with Gasteiger partial charge < -0.3 is 20.1 Å². The monoisotopic (exact) mass is 302 g/mol. The molecule has 0 radical (unpaired) electrons. The molecule has 5 nitrogen and oxygen atoms in total. The van der Waals surface area contributed by atoms with Crippen molar-refractivity contribution in [2.24, 2.45) is 0 Å². The highest BCUT2D eigenvalue weighted by Gasteiger charge is 2.26. The zero-order valence-electron chi connectivity index (χ0n) is 11.1. The maximum absolute atomic E-state index is 11.9. The predicted octanol–water partition coefficient (Wildman–Crippen LogP) is 2.07. The lowest BCUT2D eigenvalue weighted by Crippen LogP contribution is -2.31. The van der Waals surface area contributed by atoms with E-state index in [-0.39, 0.29) is 5.97 Å². The summed E-state index contributed by atoms with van der Waals surface area (Å²) >= 11 is 3.29. The summed E-state index contributed by atoms with van der Waals surface area (Å²) in [5.41, 5.74) is 6.39. The summed E-state index contributed by atoms with van der Waals surface area (Å²) in [6.45, 7) is 4.02. The van der Waals surface area contributed by atoms with Crippen molar-refractivity contribution in [3.05, 3.63) is 4.88 Å². The van der Waals surface area contributed by atoms with Gasteiger partial charge in [-0.15, -0.1) is 11.3 Å². The van der Waals surface area contributed by atoms with E-state index in [2.05, 4.69) is 4.90 Å². The van der Waals surface area contributed by atoms with Crippen LogP contribution in [0.4, 0.5) is 10.7 Å². The van der Waals surface area contributed by atoms with Gasteiger partial charge in [0.15, 0.2) is 5.75 Å². The van der Waals surface area contributed by atoms with Gasteiger partial charge in [0.25, 0.3) is 0 Å². The summed E-state index contributed by atoms with van der Waals surface area (Å²) in [5, 5.41) is 0.934. The molecule has 1 saturated heterocycles. The minimum atomic E-state index is -0.374. The Morgan fingerprint density at radius 3 is 2.68 bits per heavy atom. The van der Waals surface area contributed by atoms with Crippen molar-refractivity contribution in [3.8, 4) is 5.75 Å². The Morgan fingerprint density at radius 2 is 2.11 bits per heavy atom. The number of thioether (sulfide) groups is 1. The molecule has 0 saturated carbocycles. The second-order valence-electron chi connectivity index (χ2n) is 4.00. The first kappa shape index (κ1) is 14.3. The maximum atomic E-state index is 11.9. The molecule has 2 N–H and O–H groups in total. The Labute approximate surface area is 121 Å². The van der Waals surface area contributed by atoms with Gasteiger partial charge in [-0.05, 0) is 6.92 Å². The molecule has 2 heterocycles. The smallest absolute Gasteiger partial charge is 0.350 e. The number of esters is 1. The number of hydrogen-bond acceptors (Lipinski definition) is 7. The summed E-state index contributed by atoms with van der Waals surface area (Å²) in [6, 6.07) is 0. The first-order valence-electron chi connectivity index (χ1n) is 6.15. The van der Waals surface area contributed by atoms with E-state index >= 15 is 0 Å². The van der Waals surface area contributed by atoms with E-state index in [1.807, 2.05) is 11.8 Å². The third kappa shape index (κ3) is 2.92. The van der Waals surface area contributed by atoms with Crippen LogP contribution >= 0.6 is 23.1 Å². The SMILES string of the molecule is CCOC(=O)c1sc(N2CCSCC2)c(OC)c1N. The van der Waals surface area contributed by atoms with Gasteiger partial charge in [0, 0.05) is 24.6 Å². The van der Waals surface area contributed by atoms with Crippen LogP contribution in [-0.2, 0) is 4.74 Å².